The minimum atomic E-state index is -0.490. The van der Waals surface area contributed by atoms with E-state index in [0.717, 1.165) is 10.0 Å². The van der Waals surface area contributed by atoms with Gasteiger partial charge in [0.05, 0.1) is 11.7 Å². The molecule has 2 aromatic rings. The maximum atomic E-state index is 13.6. The molecule has 2 aromatic carbocycles. The van der Waals surface area contributed by atoms with Gasteiger partial charge in [-0.25, -0.2) is 9.18 Å². The fourth-order valence-electron chi connectivity index (χ4n) is 1.78. The Kier molecular flexibility index (Phi) is 5.36. The van der Waals surface area contributed by atoms with Crippen LogP contribution in [0, 0.1) is 5.82 Å². The normalized spacial score (nSPS) is 11.8. The van der Waals surface area contributed by atoms with Gasteiger partial charge < -0.3 is 10.6 Å². The topological polar surface area (TPSA) is 41.1 Å². The monoisotopic (exact) mass is 414 g/mol. The van der Waals surface area contributed by atoms with E-state index in [1.54, 1.807) is 6.07 Å². The van der Waals surface area contributed by atoms with Crippen molar-refractivity contribution in [3.05, 3.63) is 62.8 Å². The van der Waals surface area contributed by atoms with Gasteiger partial charge in [0.1, 0.15) is 5.82 Å². The number of anilines is 1. The van der Waals surface area contributed by atoms with Crippen molar-refractivity contribution in [3.8, 4) is 0 Å². The molecule has 0 spiro atoms. The van der Waals surface area contributed by atoms with Gasteiger partial charge in [-0.1, -0.05) is 44.0 Å². The number of benzene rings is 2. The highest BCUT2D eigenvalue weighted by molar-refractivity contribution is 9.10. The summed E-state index contributed by atoms with van der Waals surface area (Å²) in [6.07, 6.45) is 0. The number of carbonyl (C=O) groups excluding carboxylic acids is 1. The highest BCUT2D eigenvalue weighted by Gasteiger charge is 2.11. The Hall–Kier alpha value is -1.40. The molecule has 110 valence electrons. The number of carbonyl (C=O) groups is 1. The van der Waals surface area contributed by atoms with Crippen LogP contribution < -0.4 is 10.6 Å². The molecule has 0 fully saturated rings. The molecular formula is C15H13Br2FN2O. The van der Waals surface area contributed by atoms with Gasteiger partial charge in [-0.05, 0) is 42.8 Å². The summed E-state index contributed by atoms with van der Waals surface area (Å²) in [5, 5.41) is 5.26. The molecule has 0 heterocycles. The first-order valence-corrected chi connectivity index (χ1v) is 7.82. The molecule has 0 aliphatic heterocycles. The van der Waals surface area contributed by atoms with Crippen molar-refractivity contribution in [3.63, 3.8) is 0 Å². The average molecular weight is 416 g/mol. The Bertz CT molecular complexity index is 647. The Balaban J connectivity index is 1.99. The summed E-state index contributed by atoms with van der Waals surface area (Å²) in [6, 6.07) is 11.5. The molecule has 0 bridgehead atoms. The van der Waals surface area contributed by atoms with E-state index in [4.69, 9.17) is 0 Å². The Labute approximate surface area is 139 Å². The van der Waals surface area contributed by atoms with Gasteiger partial charge in [-0.3, -0.25) is 0 Å². The first kappa shape index (κ1) is 16.0. The van der Waals surface area contributed by atoms with Crippen LogP contribution in [0.1, 0.15) is 18.5 Å². The molecular weight excluding hydrogens is 403 g/mol. The summed E-state index contributed by atoms with van der Waals surface area (Å²) in [6.45, 7) is 1.86. The number of hydrogen-bond acceptors (Lipinski definition) is 1. The van der Waals surface area contributed by atoms with Gasteiger partial charge in [0.25, 0.3) is 0 Å². The van der Waals surface area contributed by atoms with Crippen molar-refractivity contribution in [1.82, 2.24) is 5.32 Å². The molecule has 6 heteroatoms. The van der Waals surface area contributed by atoms with Crippen LogP contribution in [0.4, 0.5) is 14.9 Å². The van der Waals surface area contributed by atoms with Crippen molar-refractivity contribution in [2.24, 2.45) is 0 Å². The molecule has 0 aliphatic rings. The van der Waals surface area contributed by atoms with Crippen LogP contribution in [0.25, 0.3) is 0 Å². The van der Waals surface area contributed by atoms with Crippen LogP contribution in [-0.2, 0) is 0 Å². The van der Waals surface area contributed by atoms with E-state index in [1.165, 1.54) is 12.1 Å². The van der Waals surface area contributed by atoms with Crippen molar-refractivity contribution in [2.75, 3.05) is 5.32 Å². The lowest BCUT2D eigenvalue weighted by Gasteiger charge is -2.15. The lowest BCUT2D eigenvalue weighted by Crippen LogP contribution is -2.31. The van der Waals surface area contributed by atoms with Crippen LogP contribution in [0.5, 0.6) is 0 Å². The molecule has 1 unspecified atom stereocenters. The molecule has 21 heavy (non-hydrogen) atoms. The second kappa shape index (κ2) is 7.04. The summed E-state index contributed by atoms with van der Waals surface area (Å²) in [5.74, 6) is -0.490. The molecule has 2 amide bonds. The third kappa shape index (κ3) is 4.54. The third-order valence-electron chi connectivity index (χ3n) is 2.90. The number of amides is 2. The molecule has 1 atom stereocenters. The number of rotatable bonds is 3. The lowest BCUT2D eigenvalue weighted by atomic mass is 10.1. The van der Waals surface area contributed by atoms with Crippen molar-refractivity contribution in [1.29, 1.82) is 0 Å². The minimum Gasteiger partial charge on any atom is -0.331 e. The van der Waals surface area contributed by atoms with E-state index in [-0.39, 0.29) is 11.7 Å². The summed E-state index contributed by atoms with van der Waals surface area (Å²) >= 11 is 6.53. The highest BCUT2D eigenvalue weighted by atomic mass is 79.9. The van der Waals surface area contributed by atoms with E-state index >= 15 is 0 Å². The summed E-state index contributed by atoms with van der Waals surface area (Å²) in [4.78, 5) is 11.9. The van der Waals surface area contributed by atoms with Crippen LogP contribution >= 0.6 is 31.9 Å². The molecule has 0 saturated heterocycles. The maximum absolute atomic E-state index is 13.6. The molecule has 0 radical (unpaired) electrons. The third-order valence-corrected chi connectivity index (χ3v) is 3.92. The predicted octanol–water partition coefficient (Wildman–Crippen LogP) is 5.23. The number of hydrogen-bond donors (Lipinski definition) is 2. The number of nitrogens with one attached hydrogen (secondary N) is 2. The van der Waals surface area contributed by atoms with Gasteiger partial charge in [-0.15, -0.1) is 0 Å². The van der Waals surface area contributed by atoms with Crippen LogP contribution in [-0.4, -0.2) is 6.03 Å². The van der Waals surface area contributed by atoms with Crippen LogP contribution in [0.2, 0.25) is 0 Å². The summed E-state index contributed by atoms with van der Waals surface area (Å²) < 4.78 is 15.2. The fourth-order valence-corrected chi connectivity index (χ4v) is 2.38. The molecule has 0 saturated carbocycles. The quantitative estimate of drug-likeness (QED) is 0.707. The molecule has 2 N–H and O–H groups in total. The number of halogens is 3. The first-order valence-electron chi connectivity index (χ1n) is 6.24. The van der Waals surface area contributed by atoms with E-state index in [9.17, 15) is 9.18 Å². The van der Waals surface area contributed by atoms with Crippen molar-refractivity contribution in [2.45, 2.75) is 13.0 Å². The second-order valence-corrected chi connectivity index (χ2v) is 6.33. The van der Waals surface area contributed by atoms with Gasteiger partial charge in [0, 0.05) is 8.95 Å². The fraction of sp³-hybridized carbons (Fsp3) is 0.133. The maximum Gasteiger partial charge on any atom is 0.319 e. The predicted molar refractivity (Wildman–Crippen MR) is 88.8 cm³/mol. The summed E-state index contributed by atoms with van der Waals surface area (Å²) in [5.41, 5.74) is 1.10. The van der Waals surface area contributed by atoms with Crippen molar-refractivity contribution >= 4 is 43.6 Å². The zero-order valence-corrected chi connectivity index (χ0v) is 14.3. The van der Waals surface area contributed by atoms with E-state index < -0.39 is 11.8 Å². The summed E-state index contributed by atoms with van der Waals surface area (Å²) in [7, 11) is 0. The van der Waals surface area contributed by atoms with E-state index in [0.29, 0.717) is 4.47 Å². The lowest BCUT2D eigenvalue weighted by molar-refractivity contribution is 0.249. The number of urea groups is 1. The van der Waals surface area contributed by atoms with Gasteiger partial charge in [0.2, 0.25) is 0 Å². The standard InChI is InChI=1S/C15H13Br2FN2O/c1-9(10-2-4-11(16)5-3-10)19-15(21)20-14-7-6-12(17)8-13(14)18/h2-9H,1H3,(H2,19,20,21). The van der Waals surface area contributed by atoms with Crippen LogP contribution in [0.3, 0.4) is 0 Å². The van der Waals surface area contributed by atoms with E-state index in [1.807, 2.05) is 31.2 Å². The largest absolute Gasteiger partial charge is 0.331 e. The molecule has 0 aromatic heterocycles. The highest BCUT2D eigenvalue weighted by Crippen LogP contribution is 2.20. The second-order valence-electron chi connectivity index (χ2n) is 4.50. The molecule has 2 rings (SSSR count). The van der Waals surface area contributed by atoms with Gasteiger partial charge in [-0.2, -0.15) is 0 Å². The molecule has 3 nitrogen and oxygen atoms in total. The van der Waals surface area contributed by atoms with Crippen molar-refractivity contribution < 1.29 is 9.18 Å². The smallest absolute Gasteiger partial charge is 0.319 e. The van der Waals surface area contributed by atoms with E-state index in [2.05, 4.69) is 42.5 Å². The Morgan fingerprint density at radius 1 is 1.10 bits per heavy atom. The Morgan fingerprint density at radius 3 is 2.33 bits per heavy atom. The first-order chi connectivity index (χ1) is 9.95. The Morgan fingerprint density at radius 2 is 1.71 bits per heavy atom. The average Bonchev–Trinajstić information content (AvgIpc) is 2.42. The SMILES string of the molecule is CC(NC(=O)Nc1ccc(Br)cc1F)c1ccc(Br)cc1. The van der Waals surface area contributed by atoms with Gasteiger partial charge in [0.15, 0.2) is 0 Å². The zero-order valence-electron chi connectivity index (χ0n) is 11.2. The van der Waals surface area contributed by atoms with Crippen LogP contribution in [0.15, 0.2) is 51.4 Å². The molecule has 0 aliphatic carbocycles. The van der Waals surface area contributed by atoms with Gasteiger partial charge >= 0.3 is 6.03 Å². The minimum absolute atomic E-state index is 0.138. The zero-order chi connectivity index (χ0) is 15.4.